The van der Waals surface area contributed by atoms with Crippen molar-refractivity contribution in [2.24, 2.45) is 11.8 Å². The Bertz CT molecular complexity index is 2340. The minimum absolute atomic E-state index is 0.0747. The van der Waals surface area contributed by atoms with E-state index in [-0.39, 0.29) is 17.6 Å². The second-order valence-corrected chi connectivity index (χ2v) is 13.2. The molecule has 1 saturated carbocycles. The highest BCUT2D eigenvalue weighted by Crippen LogP contribution is 2.73. The minimum atomic E-state index is -1.37. The van der Waals surface area contributed by atoms with Crippen LogP contribution >= 0.6 is 0 Å². The van der Waals surface area contributed by atoms with Crippen molar-refractivity contribution in [3.63, 3.8) is 0 Å². The summed E-state index contributed by atoms with van der Waals surface area (Å²) in [5, 5.41) is 6.32. The first-order valence-corrected chi connectivity index (χ1v) is 16.4. The molecule has 0 spiro atoms. The molecule has 0 radical (unpaired) electrons. The molecule has 0 unspecified atom stereocenters. The van der Waals surface area contributed by atoms with Gasteiger partial charge in [0.2, 0.25) is 11.8 Å². The number of benzene rings is 7. The van der Waals surface area contributed by atoms with Gasteiger partial charge in [0.1, 0.15) is 0 Å². The molecule has 7 aromatic rings. The number of carbonyl (C=O) groups excluding carboxylic acids is 3. The molecule has 1 saturated heterocycles. The average Bonchev–Trinajstić information content (AvgIpc) is 3.64. The number of ketones is 1. The molecular formula is C43H29NO3. The predicted molar refractivity (Wildman–Crippen MR) is 185 cm³/mol. The van der Waals surface area contributed by atoms with Gasteiger partial charge >= 0.3 is 0 Å². The van der Waals surface area contributed by atoms with E-state index in [9.17, 15) is 0 Å². The highest BCUT2D eigenvalue weighted by molar-refractivity contribution is 6.36. The molecule has 47 heavy (non-hydrogen) atoms. The van der Waals surface area contributed by atoms with Gasteiger partial charge in [0, 0.05) is 0 Å². The molecule has 224 valence electrons. The zero-order chi connectivity index (χ0) is 31.7. The Morgan fingerprint density at radius 1 is 0.532 bits per heavy atom. The molecule has 1 heterocycles. The first-order chi connectivity index (χ1) is 23.1. The highest BCUT2D eigenvalue weighted by atomic mass is 16.2. The van der Waals surface area contributed by atoms with E-state index >= 15 is 14.4 Å². The van der Waals surface area contributed by atoms with Crippen LogP contribution in [0, 0.1) is 11.8 Å². The monoisotopic (exact) mass is 607 g/mol. The first kappa shape index (κ1) is 26.6. The van der Waals surface area contributed by atoms with E-state index in [1.54, 1.807) is 0 Å². The fourth-order valence-electron chi connectivity index (χ4n) is 9.91. The number of hydrogen-bond donors (Lipinski definition) is 0. The van der Waals surface area contributed by atoms with E-state index in [0.29, 0.717) is 12.1 Å². The molecule has 2 aliphatic carbocycles. The number of para-hydroxylation sites is 1. The Morgan fingerprint density at radius 3 is 1.49 bits per heavy atom. The number of Topliss-reactive ketones (excluding diaryl/α,β-unsaturated/α-hetero) is 1. The van der Waals surface area contributed by atoms with E-state index < -0.39 is 22.7 Å². The van der Waals surface area contributed by atoms with Crippen molar-refractivity contribution < 1.29 is 14.4 Å². The van der Waals surface area contributed by atoms with Gasteiger partial charge in [-0.25, -0.2) is 4.90 Å². The van der Waals surface area contributed by atoms with Crippen molar-refractivity contribution in [3.05, 3.63) is 161 Å². The van der Waals surface area contributed by atoms with Gasteiger partial charge in [0.15, 0.2) is 5.78 Å². The number of amides is 2. The number of fused-ring (bicyclic) bond motifs is 10. The smallest absolute Gasteiger partial charge is 0.239 e. The van der Waals surface area contributed by atoms with Gasteiger partial charge in [0.05, 0.1) is 28.4 Å². The Morgan fingerprint density at radius 2 is 1.00 bits per heavy atom. The average molecular weight is 608 g/mol. The Hall–Kier alpha value is -5.61. The Kier molecular flexibility index (Phi) is 5.10. The van der Waals surface area contributed by atoms with Gasteiger partial charge in [-0.3, -0.25) is 14.4 Å². The first-order valence-electron chi connectivity index (χ1n) is 16.4. The van der Waals surface area contributed by atoms with Crippen LogP contribution in [0.3, 0.4) is 0 Å². The van der Waals surface area contributed by atoms with Crippen molar-refractivity contribution in [3.8, 4) is 0 Å². The fourth-order valence-corrected chi connectivity index (χ4v) is 9.91. The third-order valence-electron chi connectivity index (χ3n) is 11.5. The maximum absolute atomic E-state index is 16.1. The van der Waals surface area contributed by atoms with Crippen LogP contribution in [0.25, 0.3) is 32.3 Å². The van der Waals surface area contributed by atoms with Gasteiger partial charge in [-0.15, -0.1) is 0 Å². The van der Waals surface area contributed by atoms with Crippen LogP contribution in [-0.4, -0.2) is 17.6 Å². The van der Waals surface area contributed by atoms with E-state index in [4.69, 9.17) is 0 Å². The summed E-state index contributed by atoms with van der Waals surface area (Å²) in [6.45, 7) is 2.04. The summed E-state index contributed by atoms with van der Waals surface area (Å²) in [7, 11) is 0. The normalized spacial score (nSPS) is 24.6. The number of hydrogen-bond acceptors (Lipinski definition) is 3. The largest absolute Gasteiger partial charge is 0.297 e. The predicted octanol–water partition coefficient (Wildman–Crippen LogP) is 8.12. The van der Waals surface area contributed by atoms with Gasteiger partial charge in [-0.1, -0.05) is 134 Å². The zero-order valence-electron chi connectivity index (χ0n) is 25.7. The van der Waals surface area contributed by atoms with Gasteiger partial charge < -0.3 is 0 Å². The molecule has 10 rings (SSSR count). The highest BCUT2D eigenvalue weighted by Gasteiger charge is 2.82. The molecule has 1 aliphatic heterocycles. The molecular weight excluding hydrogens is 578 g/mol. The summed E-state index contributed by atoms with van der Waals surface area (Å²) in [6.07, 6.45) is 0.670. The third-order valence-corrected chi connectivity index (χ3v) is 11.5. The topological polar surface area (TPSA) is 54.5 Å². The summed E-state index contributed by atoms with van der Waals surface area (Å²) in [5.74, 6) is -2.49. The van der Waals surface area contributed by atoms with E-state index in [2.05, 4.69) is 48.5 Å². The van der Waals surface area contributed by atoms with Crippen LogP contribution in [0.1, 0.15) is 34.7 Å². The second kappa shape index (κ2) is 9.01. The standard InChI is InChI=1S/C43H29NO3/c1-2-25-13-9-10-22-32(25)44-39(45)37-38(40(44)46)43(29-18-7-4-8-19-29)36-31-21-12-15-27-24-23-26-14-11-20-30(33(26)34(27)31)35(36)42(37,41(43)47)28-16-5-3-6-17-28/h3-24,37-38H,2H2,1H3/t37-,38+,42-,43-/m0/s1. The molecule has 0 aromatic heterocycles. The Balaban J connectivity index is 1.45. The number of carbonyl (C=O) groups is 3. The quantitative estimate of drug-likeness (QED) is 0.150. The van der Waals surface area contributed by atoms with E-state index in [1.165, 1.54) is 4.90 Å². The fraction of sp³-hybridized carbons (Fsp3) is 0.140. The summed E-state index contributed by atoms with van der Waals surface area (Å²) in [5.41, 5.74) is 2.08. The molecule has 4 nitrogen and oxygen atoms in total. The summed E-state index contributed by atoms with van der Waals surface area (Å²) in [4.78, 5) is 48.0. The number of rotatable bonds is 4. The molecule has 7 aromatic carbocycles. The van der Waals surface area contributed by atoms with Crippen molar-refractivity contribution in [2.45, 2.75) is 24.2 Å². The number of imide groups is 1. The van der Waals surface area contributed by atoms with Gasteiger partial charge in [0.25, 0.3) is 0 Å². The number of anilines is 1. The maximum atomic E-state index is 16.1. The van der Waals surface area contributed by atoms with Crippen molar-refractivity contribution in [2.75, 3.05) is 4.90 Å². The van der Waals surface area contributed by atoms with Gasteiger partial charge in [-0.2, -0.15) is 0 Å². The molecule has 0 N–H and O–H groups in total. The molecule has 2 amide bonds. The number of nitrogens with zero attached hydrogens (tertiary/aromatic N) is 1. The molecule has 2 bridgehead atoms. The lowest BCUT2D eigenvalue weighted by Gasteiger charge is -2.38. The number of aryl methyl sites for hydroxylation is 1. The lowest BCUT2D eigenvalue weighted by molar-refractivity contribution is -0.130. The molecule has 3 aliphatic rings. The van der Waals surface area contributed by atoms with Crippen LogP contribution in [-0.2, 0) is 31.6 Å². The Labute approximate surface area is 271 Å². The van der Waals surface area contributed by atoms with E-state index in [1.807, 2.05) is 91.9 Å². The van der Waals surface area contributed by atoms with Crippen LogP contribution in [0.15, 0.2) is 133 Å². The van der Waals surface area contributed by atoms with Crippen LogP contribution in [0.2, 0.25) is 0 Å². The van der Waals surface area contributed by atoms with Crippen LogP contribution in [0.5, 0.6) is 0 Å². The van der Waals surface area contributed by atoms with Crippen LogP contribution < -0.4 is 4.90 Å². The molecule has 4 atom stereocenters. The SMILES string of the molecule is CCc1ccccc1N1C(=O)[C@@H]2[C@H](C1=O)[C@@]1(c3ccccc3)C(=O)[C@@]2(c2ccccc2)c2c1c1cccc3ccc4cccc2c4c31. The zero-order valence-corrected chi connectivity index (χ0v) is 25.7. The van der Waals surface area contributed by atoms with Crippen molar-refractivity contribution in [1.82, 2.24) is 0 Å². The van der Waals surface area contributed by atoms with Crippen molar-refractivity contribution in [1.29, 1.82) is 0 Å². The summed E-state index contributed by atoms with van der Waals surface area (Å²) in [6, 6.07) is 44.1. The third kappa shape index (κ3) is 2.86. The second-order valence-electron chi connectivity index (χ2n) is 13.2. The van der Waals surface area contributed by atoms with Gasteiger partial charge in [-0.05, 0) is 72.6 Å². The minimum Gasteiger partial charge on any atom is -0.297 e. The van der Waals surface area contributed by atoms with Crippen molar-refractivity contribution >= 4 is 55.6 Å². The van der Waals surface area contributed by atoms with Crippen LogP contribution in [0.4, 0.5) is 5.69 Å². The lowest BCUT2D eigenvalue weighted by Crippen LogP contribution is -2.45. The molecule has 2 fully saturated rings. The summed E-state index contributed by atoms with van der Waals surface area (Å²) < 4.78 is 0. The molecule has 4 heteroatoms. The maximum Gasteiger partial charge on any atom is 0.239 e. The van der Waals surface area contributed by atoms with E-state index in [0.717, 1.165) is 60.1 Å². The summed E-state index contributed by atoms with van der Waals surface area (Å²) >= 11 is 0. The lowest BCUT2D eigenvalue weighted by atomic mass is 9.59.